The van der Waals surface area contributed by atoms with Gasteiger partial charge in [0.2, 0.25) is 0 Å². The van der Waals surface area contributed by atoms with Gasteiger partial charge in [0, 0.05) is 10.6 Å². The molecule has 23 heavy (non-hydrogen) atoms. The standard InChI is InChI=1S/C16H14Cl2N2O3/c1-10(11-3-2-4-13(21)7-11)19-20-16(22)9-23-15-6-5-12(17)8-14(15)18/h2-8,21H,9H2,1H3,(H,20,22). The van der Waals surface area contributed by atoms with E-state index in [1.165, 1.54) is 6.07 Å². The molecule has 0 saturated carbocycles. The molecular weight excluding hydrogens is 339 g/mol. The number of nitrogens with zero attached hydrogens (tertiary/aromatic N) is 1. The summed E-state index contributed by atoms with van der Waals surface area (Å²) in [5.41, 5.74) is 3.63. The monoisotopic (exact) mass is 352 g/mol. The summed E-state index contributed by atoms with van der Waals surface area (Å²) in [6, 6.07) is 11.3. The van der Waals surface area contributed by atoms with Gasteiger partial charge in [-0.3, -0.25) is 4.79 Å². The third-order valence-electron chi connectivity index (χ3n) is 2.86. The number of carbonyl (C=O) groups is 1. The summed E-state index contributed by atoms with van der Waals surface area (Å²) < 4.78 is 5.30. The average Bonchev–Trinajstić information content (AvgIpc) is 2.51. The van der Waals surface area contributed by atoms with E-state index in [4.69, 9.17) is 27.9 Å². The van der Waals surface area contributed by atoms with Crippen LogP contribution in [0.3, 0.4) is 0 Å². The number of nitrogens with one attached hydrogen (secondary N) is 1. The summed E-state index contributed by atoms with van der Waals surface area (Å²) in [4.78, 5) is 11.7. The van der Waals surface area contributed by atoms with Crippen molar-refractivity contribution in [2.24, 2.45) is 5.10 Å². The summed E-state index contributed by atoms with van der Waals surface area (Å²) in [6.45, 7) is 1.48. The van der Waals surface area contributed by atoms with E-state index in [0.717, 1.165) is 0 Å². The highest BCUT2D eigenvalue weighted by atomic mass is 35.5. The fourth-order valence-electron chi connectivity index (χ4n) is 1.71. The molecule has 2 aromatic carbocycles. The van der Waals surface area contributed by atoms with Crippen molar-refractivity contribution in [3.8, 4) is 11.5 Å². The first-order valence-corrected chi connectivity index (χ1v) is 7.41. The van der Waals surface area contributed by atoms with Crippen LogP contribution in [0.25, 0.3) is 0 Å². The summed E-state index contributed by atoms with van der Waals surface area (Å²) in [6.07, 6.45) is 0. The largest absolute Gasteiger partial charge is 0.508 e. The SMILES string of the molecule is CC(=NNC(=O)COc1ccc(Cl)cc1Cl)c1cccc(O)c1. The zero-order chi connectivity index (χ0) is 16.8. The molecule has 120 valence electrons. The number of phenols is 1. The Kier molecular flexibility index (Phi) is 5.84. The lowest BCUT2D eigenvalue weighted by Gasteiger charge is -2.07. The quantitative estimate of drug-likeness (QED) is 0.637. The van der Waals surface area contributed by atoms with E-state index in [1.807, 2.05) is 0 Å². The van der Waals surface area contributed by atoms with Crippen LogP contribution in [0.15, 0.2) is 47.6 Å². The number of hydrogen-bond acceptors (Lipinski definition) is 4. The van der Waals surface area contributed by atoms with Crippen molar-refractivity contribution in [3.63, 3.8) is 0 Å². The van der Waals surface area contributed by atoms with E-state index < -0.39 is 5.91 Å². The highest BCUT2D eigenvalue weighted by Crippen LogP contribution is 2.27. The van der Waals surface area contributed by atoms with Crippen LogP contribution in [0, 0.1) is 0 Å². The lowest BCUT2D eigenvalue weighted by Crippen LogP contribution is -2.25. The summed E-state index contributed by atoms with van der Waals surface area (Å²) in [5.74, 6) is 0.0551. The van der Waals surface area contributed by atoms with Gasteiger partial charge < -0.3 is 9.84 Å². The zero-order valence-corrected chi connectivity index (χ0v) is 13.7. The number of hydrazone groups is 1. The molecule has 0 fully saturated rings. The Bertz CT molecular complexity index is 748. The number of aromatic hydroxyl groups is 1. The number of phenolic OH excluding ortho intramolecular Hbond substituents is 1. The Morgan fingerprint density at radius 2 is 2.04 bits per heavy atom. The van der Waals surface area contributed by atoms with Crippen molar-refractivity contribution >= 4 is 34.8 Å². The van der Waals surface area contributed by atoms with Crippen LogP contribution in [0.4, 0.5) is 0 Å². The first-order valence-electron chi connectivity index (χ1n) is 6.66. The summed E-state index contributed by atoms with van der Waals surface area (Å²) in [7, 11) is 0. The van der Waals surface area contributed by atoms with Gasteiger partial charge in [0.1, 0.15) is 11.5 Å². The second-order valence-electron chi connectivity index (χ2n) is 4.65. The molecule has 0 radical (unpaired) electrons. The molecule has 0 aliphatic heterocycles. The Balaban J connectivity index is 1.90. The molecule has 0 aromatic heterocycles. The van der Waals surface area contributed by atoms with Crippen LogP contribution in [0.1, 0.15) is 12.5 Å². The van der Waals surface area contributed by atoms with E-state index in [2.05, 4.69) is 10.5 Å². The molecule has 0 unspecified atom stereocenters. The van der Waals surface area contributed by atoms with Crippen LogP contribution < -0.4 is 10.2 Å². The van der Waals surface area contributed by atoms with E-state index in [-0.39, 0.29) is 12.4 Å². The van der Waals surface area contributed by atoms with Gasteiger partial charge in [-0.05, 0) is 37.3 Å². The molecule has 0 spiro atoms. The minimum atomic E-state index is -0.435. The number of rotatable bonds is 5. The molecule has 5 nitrogen and oxygen atoms in total. The van der Waals surface area contributed by atoms with Gasteiger partial charge in [-0.2, -0.15) is 5.10 Å². The molecule has 2 rings (SSSR count). The Hall–Kier alpha value is -2.24. The van der Waals surface area contributed by atoms with E-state index >= 15 is 0 Å². The maximum atomic E-state index is 11.7. The van der Waals surface area contributed by atoms with Crippen molar-refractivity contribution in [1.29, 1.82) is 0 Å². The van der Waals surface area contributed by atoms with Gasteiger partial charge in [0.05, 0.1) is 10.7 Å². The van der Waals surface area contributed by atoms with Crippen molar-refractivity contribution < 1.29 is 14.6 Å². The van der Waals surface area contributed by atoms with E-state index in [1.54, 1.807) is 43.3 Å². The van der Waals surface area contributed by atoms with Gasteiger partial charge >= 0.3 is 0 Å². The topological polar surface area (TPSA) is 70.9 Å². The molecular formula is C16H14Cl2N2O3. The van der Waals surface area contributed by atoms with Crippen LogP contribution in [-0.2, 0) is 4.79 Å². The lowest BCUT2D eigenvalue weighted by molar-refractivity contribution is -0.123. The molecule has 0 aliphatic carbocycles. The number of amides is 1. The highest BCUT2D eigenvalue weighted by molar-refractivity contribution is 6.35. The molecule has 2 aromatic rings. The molecule has 0 saturated heterocycles. The van der Waals surface area contributed by atoms with Gasteiger partial charge in [-0.1, -0.05) is 35.3 Å². The lowest BCUT2D eigenvalue weighted by atomic mass is 10.1. The normalized spacial score (nSPS) is 11.2. The molecule has 0 atom stereocenters. The Labute approximate surface area is 143 Å². The molecule has 0 bridgehead atoms. The predicted molar refractivity (Wildman–Crippen MR) is 90.4 cm³/mol. The number of hydrogen-bond donors (Lipinski definition) is 2. The maximum absolute atomic E-state index is 11.7. The molecule has 1 amide bonds. The molecule has 0 heterocycles. The molecule has 2 N–H and O–H groups in total. The van der Waals surface area contributed by atoms with Gasteiger partial charge in [-0.15, -0.1) is 0 Å². The van der Waals surface area contributed by atoms with Crippen molar-refractivity contribution in [3.05, 3.63) is 58.1 Å². The first kappa shape index (κ1) is 17.1. The van der Waals surface area contributed by atoms with Crippen molar-refractivity contribution in [2.75, 3.05) is 6.61 Å². The molecule has 0 aliphatic rings. The average molecular weight is 353 g/mol. The molecule has 7 heteroatoms. The number of benzene rings is 2. The highest BCUT2D eigenvalue weighted by Gasteiger charge is 2.06. The Morgan fingerprint density at radius 3 is 2.74 bits per heavy atom. The van der Waals surface area contributed by atoms with Gasteiger partial charge in [0.15, 0.2) is 6.61 Å². The fraction of sp³-hybridized carbons (Fsp3) is 0.125. The minimum Gasteiger partial charge on any atom is -0.508 e. The zero-order valence-electron chi connectivity index (χ0n) is 12.2. The van der Waals surface area contributed by atoms with Crippen LogP contribution in [0.5, 0.6) is 11.5 Å². The van der Waals surface area contributed by atoms with E-state index in [9.17, 15) is 9.90 Å². The minimum absolute atomic E-state index is 0.129. The van der Waals surface area contributed by atoms with Crippen LogP contribution in [-0.4, -0.2) is 23.3 Å². The fourth-order valence-corrected chi connectivity index (χ4v) is 2.17. The number of carbonyl (C=O) groups excluding carboxylic acids is 1. The first-order chi connectivity index (χ1) is 11.0. The second-order valence-corrected chi connectivity index (χ2v) is 5.49. The third kappa shape index (κ3) is 5.16. The summed E-state index contributed by atoms with van der Waals surface area (Å²) >= 11 is 11.7. The van der Waals surface area contributed by atoms with Crippen LogP contribution in [0.2, 0.25) is 10.0 Å². The van der Waals surface area contributed by atoms with Gasteiger partial charge in [0.25, 0.3) is 5.91 Å². The summed E-state index contributed by atoms with van der Waals surface area (Å²) in [5, 5.41) is 14.2. The van der Waals surface area contributed by atoms with Crippen molar-refractivity contribution in [2.45, 2.75) is 6.92 Å². The number of ether oxygens (including phenoxy) is 1. The smallest absolute Gasteiger partial charge is 0.277 e. The van der Waals surface area contributed by atoms with Crippen molar-refractivity contribution in [1.82, 2.24) is 5.43 Å². The third-order valence-corrected chi connectivity index (χ3v) is 3.40. The number of halogens is 2. The van der Waals surface area contributed by atoms with Crippen LogP contribution >= 0.6 is 23.2 Å². The van der Waals surface area contributed by atoms with Gasteiger partial charge in [-0.25, -0.2) is 5.43 Å². The van der Waals surface area contributed by atoms with E-state index in [0.29, 0.717) is 27.1 Å². The second kappa shape index (κ2) is 7.85. The predicted octanol–water partition coefficient (Wildman–Crippen LogP) is 3.62. The Morgan fingerprint density at radius 1 is 1.26 bits per heavy atom. The maximum Gasteiger partial charge on any atom is 0.277 e.